The van der Waals surface area contributed by atoms with Gasteiger partial charge in [0, 0.05) is 18.7 Å². The molecule has 0 aliphatic rings. The molecule has 180 valence electrons. The molecule has 0 fully saturated rings. The third kappa shape index (κ3) is 5.58. The SMILES string of the molecule is COc1ccc(-c2noc(COC(=O)CN(C)S(=O)(=O)c3ccc(C(C)=O)cc3)n2)c(OC)c1. The average molecular weight is 490 g/mol. The van der Waals surface area contributed by atoms with Crippen molar-refractivity contribution in [3.63, 3.8) is 0 Å². The Balaban J connectivity index is 1.61. The molecule has 0 radical (unpaired) electrons. The molecule has 0 bridgehead atoms. The van der Waals surface area contributed by atoms with Crippen LogP contribution in [0, 0.1) is 0 Å². The number of benzene rings is 2. The van der Waals surface area contributed by atoms with E-state index in [1.165, 1.54) is 52.5 Å². The highest BCUT2D eigenvalue weighted by molar-refractivity contribution is 7.89. The molecular weight excluding hydrogens is 466 g/mol. The molecule has 3 rings (SSSR count). The van der Waals surface area contributed by atoms with E-state index in [-0.39, 0.29) is 29.0 Å². The highest BCUT2D eigenvalue weighted by Gasteiger charge is 2.24. The van der Waals surface area contributed by atoms with Crippen molar-refractivity contribution in [2.45, 2.75) is 18.4 Å². The number of hydrogen-bond donors (Lipinski definition) is 0. The summed E-state index contributed by atoms with van der Waals surface area (Å²) < 4.78 is 46.8. The number of carbonyl (C=O) groups is 2. The first-order valence-corrected chi connectivity index (χ1v) is 11.4. The van der Waals surface area contributed by atoms with E-state index in [0.717, 1.165) is 4.31 Å². The highest BCUT2D eigenvalue weighted by atomic mass is 32.2. The number of esters is 1. The topological polar surface area (TPSA) is 138 Å². The van der Waals surface area contributed by atoms with Crippen LogP contribution in [-0.2, 0) is 26.2 Å². The van der Waals surface area contributed by atoms with Crippen LogP contribution in [0.5, 0.6) is 11.5 Å². The summed E-state index contributed by atoms with van der Waals surface area (Å²) in [5.74, 6) is 0.300. The summed E-state index contributed by atoms with van der Waals surface area (Å²) in [5, 5.41) is 3.86. The average Bonchev–Trinajstić information content (AvgIpc) is 3.31. The van der Waals surface area contributed by atoms with Gasteiger partial charge in [-0.1, -0.05) is 17.3 Å². The summed E-state index contributed by atoms with van der Waals surface area (Å²) in [7, 11) is 0.306. The van der Waals surface area contributed by atoms with Gasteiger partial charge in [0.2, 0.25) is 15.8 Å². The summed E-state index contributed by atoms with van der Waals surface area (Å²) >= 11 is 0. The van der Waals surface area contributed by atoms with Crippen molar-refractivity contribution in [2.75, 3.05) is 27.8 Å². The Kier molecular flexibility index (Phi) is 7.64. The standard InChI is InChI=1S/C22H23N3O8S/c1-14(26)15-5-8-17(9-6-15)34(28,29)25(2)12-21(27)32-13-20-23-22(24-33-20)18-10-7-16(30-3)11-19(18)31-4/h5-11H,12-13H2,1-4H3. The normalized spacial score (nSPS) is 11.3. The van der Waals surface area contributed by atoms with Gasteiger partial charge in [-0.25, -0.2) is 8.42 Å². The Hall–Kier alpha value is -3.77. The Bertz CT molecular complexity index is 1290. The molecule has 1 heterocycles. The fraction of sp³-hybridized carbons (Fsp3) is 0.273. The lowest BCUT2D eigenvalue weighted by atomic mass is 10.2. The van der Waals surface area contributed by atoms with Gasteiger partial charge in [0.25, 0.3) is 5.89 Å². The number of hydrogen-bond acceptors (Lipinski definition) is 10. The molecule has 0 atom stereocenters. The van der Waals surface area contributed by atoms with Crippen molar-refractivity contribution in [1.82, 2.24) is 14.4 Å². The molecular formula is C22H23N3O8S. The molecule has 34 heavy (non-hydrogen) atoms. The predicted molar refractivity (Wildman–Crippen MR) is 119 cm³/mol. The third-order valence-corrected chi connectivity index (χ3v) is 6.61. The van der Waals surface area contributed by atoms with Crippen LogP contribution in [0.2, 0.25) is 0 Å². The van der Waals surface area contributed by atoms with Crippen LogP contribution >= 0.6 is 0 Å². The van der Waals surface area contributed by atoms with E-state index in [1.807, 2.05) is 0 Å². The fourth-order valence-corrected chi connectivity index (χ4v) is 4.02. The second-order valence-corrected chi connectivity index (χ2v) is 9.13. The third-order valence-electron chi connectivity index (χ3n) is 4.80. The summed E-state index contributed by atoms with van der Waals surface area (Å²) in [6.45, 7) is 0.501. The summed E-state index contributed by atoms with van der Waals surface area (Å²) in [4.78, 5) is 27.7. The molecule has 0 spiro atoms. The lowest BCUT2D eigenvalue weighted by Gasteiger charge is -2.16. The number of aromatic nitrogens is 2. The van der Waals surface area contributed by atoms with E-state index >= 15 is 0 Å². The monoisotopic (exact) mass is 489 g/mol. The molecule has 0 aliphatic carbocycles. The lowest BCUT2D eigenvalue weighted by molar-refractivity contribution is -0.145. The van der Waals surface area contributed by atoms with Crippen molar-refractivity contribution in [2.24, 2.45) is 0 Å². The van der Waals surface area contributed by atoms with Crippen LogP contribution in [0.15, 0.2) is 51.9 Å². The van der Waals surface area contributed by atoms with Crippen molar-refractivity contribution in [1.29, 1.82) is 0 Å². The number of methoxy groups -OCH3 is 2. The van der Waals surface area contributed by atoms with Crippen molar-refractivity contribution in [3.05, 3.63) is 53.9 Å². The van der Waals surface area contributed by atoms with Gasteiger partial charge in [-0.05, 0) is 31.2 Å². The van der Waals surface area contributed by atoms with Gasteiger partial charge in [0.15, 0.2) is 12.4 Å². The molecule has 11 nitrogen and oxygen atoms in total. The molecule has 0 aliphatic heterocycles. The molecule has 0 N–H and O–H groups in total. The van der Waals surface area contributed by atoms with Gasteiger partial charge in [0.05, 0.1) is 24.7 Å². The largest absolute Gasteiger partial charge is 0.497 e. The van der Waals surface area contributed by atoms with E-state index < -0.39 is 22.5 Å². The van der Waals surface area contributed by atoms with Gasteiger partial charge in [-0.2, -0.15) is 9.29 Å². The minimum absolute atomic E-state index is 0.0200. The summed E-state index contributed by atoms with van der Waals surface area (Å²) in [6.07, 6.45) is 0. The number of sulfonamides is 1. The van der Waals surface area contributed by atoms with Crippen LogP contribution in [-0.4, -0.2) is 62.4 Å². The van der Waals surface area contributed by atoms with Crippen LogP contribution < -0.4 is 9.47 Å². The second kappa shape index (κ2) is 10.4. The minimum Gasteiger partial charge on any atom is -0.497 e. The van der Waals surface area contributed by atoms with Crippen LogP contribution in [0.1, 0.15) is 23.2 Å². The number of rotatable bonds is 10. The zero-order valence-electron chi connectivity index (χ0n) is 19.0. The van der Waals surface area contributed by atoms with Crippen molar-refractivity contribution >= 4 is 21.8 Å². The van der Waals surface area contributed by atoms with Gasteiger partial charge >= 0.3 is 5.97 Å². The molecule has 0 saturated heterocycles. The smallest absolute Gasteiger partial charge is 0.321 e. The van der Waals surface area contributed by atoms with Gasteiger partial charge in [-0.15, -0.1) is 0 Å². The van der Waals surface area contributed by atoms with E-state index in [9.17, 15) is 18.0 Å². The van der Waals surface area contributed by atoms with Gasteiger partial charge in [0.1, 0.15) is 18.0 Å². The molecule has 0 amide bonds. The maximum atomic E-state index is 12.7. The first-order valence-electron chi connectivity index (χ1n) is 9.93. The fourth-order valence-electron chi connectivity index (χ4n) is 2.90. The number of ether oxygens (including phenoxy) is 3. The van der Waals surface area contributed by atoms with Gasteiger partial charge in [-0.3, -0.25) is 9.59 Å². The highest BCUT2D eigenvalue weighted by Crippen LogP contribution is 2.31. The van der Waals surface area contributed by atoms with Crippen LogP contribution in [0.25, 0.3) is 11.4 Å². The molecule has 0 unspecified atom stereocenters. The van der Waals surface area contributed by atoms with Crippen LogP contribution in [0.4, 0.5) is 0 Å². The molecule has 2 aromatic carbocycles. The van der Waals surface area contributed by atoms with E-state index in [2.05, 4.69) is 10.1 Å². The first-order chi connectivity index (χ1) is 16.1. The van der Waals surface area contributed by atoms with Gasteiger partial charge < -0.3 is 18.7 Å². The molecule has 0 saturated carbocycles. The second-order valence-electron chi connectivity index (χ2n) is 7.08. The first kappa shape index (κ1) is 24.9. The quantitative estimate of drug-likeness (QED) is 0.308. The van der Waals surface area contributed by atoms with Crippen LogP contribution in [0.3, 0.4) is 0 Å². The number of likely N-dealkylation sites (N-methyl/N-ethyl adjacent to an activating group) is 1. The molecule has 3 aromatic rings. The summed E-state index contributed by atoms with van der Waals surface area (Å²) in [6, 6.07) is 10.5. The number of carbonyl (C=O) groups excluding carboxylic acids is 2. The predicted octanol–water partition coefficient (Wildman–Crippen LogP) is 2.32. The zero-order chi connectivity index (χ0) is 24.9. The molecule has 12 heteroatoms. The Morgan fingerprint density at radius 2 is 1.76 bits per heavy atom. The van der Waals surface area contributed by atoms with Crippen molar-refractivity contribution in [3.8, 4) is 22.9 Å². The van der Waals surface area contributed by atoms with E-state index in [1.54, 1.807) is 18.2 Å². The Morgan fingerprint density at radius 3 is 2.38 bits per heavy atom. The van der Waals surface area contributed by atoms with Crippen molar-refractivity contribution < 1.29 is 36.7 Å². The van der Waals surface area contributed by atoms with E-state index in [0.29, 0.717) is 22.6 Å². The lowest BCUT2D eigenvalue weighted by Crippen LogP contribution is -2.33. The maximum Gasteiger partial charge on any atom is 0.321 e. The maximum absolute atomic E-state index is 12.7. The summed E-state index contributed by atoms with van der Waals surface area (Å²) in [5.41, 5.74) is 0.929. The number of nitrogens with zero attached hydrogens (tertiary/aromatic N) is 3. The molecule has 1 aromatic heterocycles. The number of ketones is 1. The number of Topliss-reactive ketones (excluding diaryl/α,β-unsaturated/α-hetero) is 1. The van der Waals surface area contributed by atoms with E-state index in [4.69, 9.17) is 18.7 Å². The zero-order valence-corrected chi connectivity index (χ0v) is 19.8. The Morgan fingerprint density at radius 1 is 1.06 bits per heavy atom. The minimum atomic E-state index is -3.96. The Labute approximate surface area is 196 Å².